The second-order valence-electron chi connectivity index (χ2n) is 5.69. The van der Waals surface area contributed by atoms with Gasteiger partial charge in [-0.3, -0.25) is 4.79 Å². The molecule has 2 rings (SSSR count). The smallest absolute Gasteiger partial charge is 0.338 e. The van der Waals surface area contributed by atoms with Gasteiger partial charge in [-0.2, -0.15) is 0 Å². The van der Waals surface area contributed by atoms with Crippen LogP contribution in [0.25, 0.3) is 0 Å². The highest BCUT2D eigenvalue weighted by molar-refractivity contribution is 5.92. The standard InChI is InChI=1S/C18H25NO6/c1-3-4-5-6-7-19-16(20)12-25-18(21)13-10-14(22-2)17-15(11-13)23-8-9-24-17/h10-11H,3-9,12H2,1-2H3,(H,19,20). The summed E-state index contributed by atoms with van der Waals surface area (Å²) >= 11 is 0. The molecule has 1 aliphatic rings. The van der Waals surface area contributed by atoms with Crippen LogP contribution in [-0.2, 0) is 9.53 Å². The van der Waals surface area contributed by atoms with Gasteiger partial charge in [-0.05, 0) is 18.6 Å². The summed E-state index contributed by atoms with van der Waals surface area (Å²) in [6.45, 7) is 3.23. The van der Waals surface area contributed by atoms with Crippen LogP contribution in [0.3, 0.4) is 0 Å². The first-order valence-corrected chi connectivity index (χ1v) is 8.57. The Hall–Kier alpha value is -2.44. The third-order valence-electron chi connectivity index (χ3n) is 3.75. The van der Waals surface area contributed by atoms with E-state index in [-0.39, 0.29) is 18.1 Å². The van der Waals surface area contributed by atoms with Crippen molar-refractivity contribution in [3.05, 3.63) is 17.7 Å². The van der Waals surface area contributed by atoms with E-state index in [1.807, 2.05) is 0 Å². The molecule has 0 radical (unpaired) electrons. The number of methoxy groups -OCH3 is 1. The summed E-state index contributed by atoms with van der Waals surface area (Å²) in [4.78, 5) is 23.9. The number of rotatable bonds is 9. The van der Waals surface area contributed by atoms with Crippen molar-refractivity contribution in [2.75, 3.05) is 33.5 Å². The molecule has 0 aromatic heterocycles. The molecule has 1 aliphatic heterocycles. The summed E-state index contributed by atoms with van der Waals surface area (Å²) in [5.74, 6) is 0.364. The average molecular weight is 351 g/mol. The normalized spacial score (nSPS) is 12.4. The number of ether oxygens (including phenoxy) is 4. The summed E-state index contributed by atoms with van der Waals surface area (Å²) < 4.78 is 21.2. The molecule has 7 heteroatoms. The minimum Gasteiger partial charge on any atom is -0.493 e. The number of amides is 1. The van der Waals surface area contributed by atoms with Crippen LogP contribution in [0.1, 0.15) is 43.0 Å². The maximum absolute atomic E-state index is 12.2. The zero-order valence-electron chi connectivity index (χ0n) is 14.8. The monoisotopic (exact) mass is 351 g/mol. The lowest BCUT2D eigenvalue weighted by Gasteiger charge is -2.21. The van der Waals surface area contributed by atoms with Gasteiger partial charge >= 0.3 is 5.97 Å². The minimum absolute atomic E-state index is 0.247. The predicted molar refractivity (Wildman–Crippen MR) is 91.4 cm³/mol. The summed E-state index contributed by atoms with van der Waals surface area (Å²) in [6.07, 6.45) is 4.29. The van der Waals surface area contributed by atoms with Crippen LogP contribution in [-0.4, -0.2) is 45.4 Å². The molecule has 0 saturated carbocycles. The van der Waals surface area contributed by atoms with Crippen molar-refractivity contribution >= 4 is 11.9 Å². The van der Waals surface area contributed by atoms with E-state index < -0.39 is 5.97 Å². The fourth-order valence-corrected chi connectivity index (χ4v) is 2.44. The van der Waals surface area contributed by atoms with Crippen LogP contribution in [0.2, 0.25) is 0 Å². The molecular weight excluding hydrogens is 326 g/mol. The summed E-state index contributed by atoms with van der Waals surface area (Å²) in [6, 6.07) is 3.04. The second-order valence-corrected chi connectivity index (χ2v) is 5.69. The number of hydrogen-bond donors (Lipinski definition) is 1. The molecule has 1 amide bonds. The molecule has 0 fully saturated rings. The number of fused-ring (bicyclic) bond motifs is 1. The van der Waals surface area contributed by atoms with E-state index in [1.165, 1.54) is 19.2 Å². The third kappa shape index (κ3) is 5.55. The Morgan fingerprint density at radius 3 is 2.72 bits per heavy atom. The number of hydrogen-bond acceptors (Lipinski definition) is 6. The topological polar surface area (TPSA) is 83.1 Å². The molecule has 138 valence electrons. The minimum atomic E-state index is -0.614. The molecule has 0 aliphatic carbocycles. The van der Waals surface area contributed by atoms with Crippen LogP contribution in [0.5, 0.6) is 17.2 Å². The molecule has 0 spiro atoms. The van der Waals surface area contributed by atoms with Crippen LogP contribution < -0.4 is 19.5 Å². The Kier molecular flexibility index (Phi) is 7.37. The summed E-state index contributed by atoms with van der Waals surface area (Å²) in [5, 5.41) is 2.74. The van der Waals surface area contributed by atoms with Gasteiger partial charge in [-0.15, -0.1) is 0 Å². The maximum atomic E-state index is 12.2. The average Bonchev–Trinajstić information content (AvgIpc) is 2.64. The molecule has 1 heterocycles. The van der Waals surface area contributed by atoms with Crippen LogP contribution in [0.4, 0.5) is 0 Å². The zero-order chi connectivity index (χ0) is 18.1. The largest absolute Gasteiger partial charge is 0.493 e. The molecule has 7 nitrogen and oxygen atoms in total. The number of unbranched alkanes of at least 4 members (excludes halogenated alkanes) is 3. The van der Waals surface area contributed by atoms with Gasteiger partial charge in [0.2, 0.25) is 5.75 Å². The molecule has 1 aromatic rings. The Morgan fingerprint density at radius 1 is 1.16 bits per heavy atom. The first kappa shape index (κ1) is 18.9. The van der Waals surface area contributed by atoms with E-state index in [9.17, 15) is 9.59 Å². The zero-order valence-corrected chi connectivity index (χ0v) is 14.8. The van der Waals surface area contributed by atoms with Crippen LogP contribution >= 0.6 is 0 Å². The fourth-order valence-electron chi connectivity index (χ4n) is 2.44. The van der Waals surface area contributed by atoms with Gasteiger partial charge in [0.1, 0.15) is 13.2 Å². The lowest BCUT2D eigenvalue weighted by molar-refractivity contribution is -0.124. The lowest BCUT2D eigenvalue weighted by Crippen LogP contribution is -2.29. The summed E-state index contributed by atoms with van der Waals surface area (Å²) in [5.41, 5.74) is 0.247. The Morgan fingerprint density at radius 2 is 1.96 bits per heavy atom. The number of esters is 1. The quantitative estimate of drug-likeness (QED) is 0.543. The molecule has 0 atom stereocenters. The van der Waals surface area contributed by atoms with E-state index in [2.05, 4.69) is 12.2 Å². The van der Waals surface area contributed by atoms with Crippen molar-refractivity contribution in [2.45, 2.75) is 32.6 Å². The first-order valence-electron chi connectivity index (χ1n) is 8.57. The molecule has 25 heavy (non-hydrogen) atoms. The van der Waals surface area contributed by atoms with Gasteiger partial charge in [0.05, 0.1) is 12.7 Å². The second kappa shape index (κ2) is 9.76. The van der Waals surface area contributed by atoms with Crippen molar-refractivity contribution < 1.29 is 28.5 Å². The predicted octanol–water partition coefficient (Wildman–Crippen LogP) is 2.32. The number of carbonyl (C=O) groups excluding carboxylic acids is 2. The Bertz CT molecular complexity index is 584. The maximum Gasteiger partial charge on any atom is 0.338 e. The van der Waals surface area contributed by atoms with E-state index in [0.29, 0.717) is 37.0 Å². The van der Waals surface area contributed by atoms with Crippen LogP contribution in [0, 0.1) is 0 Å². The number of nitrogens with one attached hydrogen (secondary N) is 1. The van der Waals surface area contributed by atoms with Gasteiger partial charge < -0.3 is 24.3 Å². The molecule has 0 unspecified atom stereocenters. The molecular formula is C18H25NO6. The van der Waals surface area contributed by atoms with Crippen molar-refractivity contribution in [3.8, 4) is 17.2 Å². The van der Waals surface area contributed by atoms with Crippen molar-refractivity contribution in [2.24, 2.45) is 0 Å². The van der Waals surface area contributed by atoms with Gasteiger partial charge in [-0.1, -0.05) is 26.2 Å². The highest BCUT2D eigenvalue weighted by Crippen LogP contribution is 2.40. The van der Waals surface area contributed by atoms with Gasteiger partial charge in [0, 0.05) is 6.54 Å². The fraction of sp³-hybridized carbons (Fsp3) is 0.556. The number of carbonyl (C=O) groups is 2. The SMILES string of the molecule is CCCCCCNC(=O)COC(=O)c1cc(OC)c2c(c1)OCCO2. The lowest BCUT2D eigenvalue weighted by atomic mass is 10.1. The molecule has 1 N–H and O–H groups in total. The van der Waals surface area contributed by atoms with Crippen molar-refractivity contribution in [3.63, 3.8) is 0 Å². The first-order chi connectivity index (χ1) is 12.2. The van der Waals surface area contributed by atoms with E-state index in [0.717, 1.165) is 25.7 Å². The third-order valence-corrected chi connectivity index (χ3v) is 3.75. The highest BCUT2D eigenvalue weighted by Gasteiger charge is 2.21. The van der Waals surface area contributed by atoms with Gasteiger partial charge in [0.25, 0.3) is 5.91 Å². The van der Waals surface area contributed by atoms with Crippen LogP contribution in [0.15, 0.2) is 12.1 Å². The van der Waals surface area contributed by atoms with E-state index in [4.69, 9.17) is 18.9 Å². The van der Waals surface area contributed by atoms with E-state index in [1.54, 1.807) is 0 Å². The van der Waals surface area contributed by atoms with Crippen molar-refractivity contribution in [1.82, 2.24) is 5.32 Å². The van der Waals surface area contributed by atoms with Gasteiger partial charge in [0.15, 0.2) is 18.1 Å². The Labute approximate surface area is 147 Å². The Balaban J connectivity index is 1.85. The molecule has 0 saturated heterocycles. The highest BCUT2D eigenvalue weighted by atomic mass is 16.6. The summed E-state index contributed by atoms with van der Waals surface area (Å²) in [7, 11) is 1.48. The van der Waals surface area contributed by atoms with E-state index >= 15 is 0 Å². The number of benzene rings is 1. The van der Waals surface area contributed by atoms with Gasteiger partial charge in [-0.25, -0.2) is 4.79 Å². The van der Waals surface area contributed by atoms with Crippen molar-refractivity contribution in [1.29, 1.82) is 0 Å². The molecule has 1 aromatic carbocycles. The molecule has 0 bridgehead atoms.